The van der Waals surface area contributed by atoms with Crippen LogP contribution in [0.5, 0.6) is 11.5 Å². The van der Waals surface area contributed by atoms with Gasteiger partial charge < -0.3 is 9.47 Å². The van der Waals surface area contributed by atoms with Gasteiger partial charge in [0.2, 0.25) is 0 Å². The van der Waals surface area contributed by atoms with Gasteiger partial charge in [0, 0.05) is 18.3 Å². The molecule has 0 aliphatic carbocycles. The standard InChI is InChI=1S/C14H18N4O2/c1-9-11(8-16-18(9)2)14(17-15)10-3-4-12-13(7-10)20-6-5-19-12/h3-4,7-8,14,17H,5-6,15H2,1-2H3. The molecule has 0 radical (unpaired) electrons. The molecular formula is C14H18N4O2. The van der Waals surface area contributed by atoms with Gasteiger partial charge in [0.15, 0.2) is 11.5 Å². The lowest BCUT2D eigenvalue weighted by Crippen LogP contribution is -2.29. The van der Waals surface area contributed by atoms with Gasteiger partial charge in [-0.3, -0.25) is 10.5 Å². The molecule has 0 amide bonds. The van der Waals surface area contributed by atoms with E-state index < -0.39 is 0 Å². The summed E-state index contributed by atoms with van der Waals surface area (Å²) in [6.45, 7) is 3.18. The van der Waals surface area contributed by atoms with E-state index in [0.717, 1.165) is 28.3 Å². The largest absolute Gasteiger partial charge is 0.486 e. The lowest BCUT2D eigenvalue weighted by molar-refractivity contribution is 0.171. The van der Waals surface area contributed by atoms with E-state index in [1.807, 2.05) is 43.0 Å². The van der Waals surface area contributed by atoms with Crippen molar-refractivity contribution in [1.29, 1.82) is 0 Å². The molecule has 2 aromatic rings. The van der Waals surface area contributed by atoms with Crippen LogP contribution in [0.2, 0.25) is 0 Å². The molecule has 0 saturated carbocycles. The van der Waals surface area contributed by atoms with Gasteiger partial charge in [-0.05, 0) is 24.6 Å². The van der Waals surface area contributed by atoms with Gasteiger partial charge in [0.1, 0.15) is 13.2 Å². The topological polar surface area (TPSA) is 74.3 Å². The van der Waals surface area contributed by atoms with Crippen molar-refractivity contribution >= 4 is 0 Å². The first-order chi connectivity index (χ1) is 9.70. The van der Waals surface area contributed by atoms with E-state index in [-0.39, 0.29) is 6.04 Å². The summed E-state index contributed by atoms with van der Waals surface area (Å²) in [6.07, 6.45) is 1.83. The Labute approximate surface area is 117 Å². The highest BCUT2D eigenvalue weighted by atomic mass is 16.6. The van der Waals surface area contributed by atoms with Gasteiger partial charge >= 0.3 is 0 Å². The smallest absolute Gasteiger partial charge is 0.161 e. The number of ether oxygens (including phenoxy) is 2. The third-order valence-corrected chi connectivity index (χ3v) is 3.65. The quantitative estimate of drug-likeness (QED) is 0.646. The second-order valence-electron chi connectivity index (χ2n) is 4.81. The Morgan fingerprint density at radius 2 is 2.05 bits per heavy atom. The second-order valence-corrected chi connectivity index (χ2v) is 4.81. The number of rotatable bonds is 3. The van der Waals surface area contributed by atoms with Crippen molar-refractivity contribution in [3.8, 4) is 11.5 Å². The van der Waals surface area contributed by atoms with E-state index in [2.05, 4.69) is 10.5 Å². The highest BCUT2D eigenvalue weighted by Gasteiger charge is 2.20. The van der Waals surface area contributed by atoms with Gasteiger partial charge in [-0.2, -0.15) is 5.10 Å². The average Bonchev–Trinajstić information content (AvgIpc) is 2.80. The Bertz CT molecular complexity index is 624. The molecule has 0 saturated heterocycles. The maximum absolute atomic E-state index is 5.73. The van der Waals surface area contributed by atoms with Gasteiger partial charge in [-0.1, -0.05) is 6.07 Å². The van der Waals surface area contributed by atoms with E-state index in [9.17, 15) is 0 Å². The van der Waals surface area contributed by atoms with Gasteiger partial charge in [-0.15, -0.1) is 0 Å². The fourth-order valence-electron chi connectivity index (χ4n) is 2.40. The lowest BCUT2D eigenvalue weighted by Gasteiger charge is -2.22. The summed E-state index contributed by atoms with van der Waals surface area (Å²) in [5.41, 5.74) is 5.99. The number of hydrogen-bond donors (Lipinski definition) is 2. The first-order valence-corrected chi connectivity index (χ1v) is 6.55. The first kappa shape index (κ1) is 13.0. The molecule has 0 fully saturated rings. The van der Waals surface area contributed by atoms with Crippen LogP contribution in [0.4, 0.5) is 0 Å². The van der Waals surface area contributed by atoms with E-state index in [4.69, 9.17) is 15.3 Å². The van der Waals surface area contributed by atoms with Crippen molar-refractivity contribution in [2.24, 2.45) is 12.9 Å². The molecule has 20 heavy (non-hydrogen) atoms. The van der Waals surface area contributed by atoms with Crippen LogP contribution < -0.4 is 20.7 Å². The van der Waals surface area contributed by atoms with Crippen LogP contribution in [-0.4, -0.2) is 23.0 Å². The normalized spacial score (nSPS) is 15.2. The molecule has 1 aromatic carbocycles. The Balaban J connectivity index is 1.99. The molecule has 3 N–H and O–H groups in total. The van der Waals surface area contributed by atoms with E-state index in [1.165, 1.54) is 0 Å². The first-order valence-electron chi connectivity index (χ1n) is 6.55. The lowest BCUT2D eigenvalue weighted by atomic mass is 9.99. The molecule has 1 atom stereocenters. The zero-order valence-electron chi connectivity index (χ0n) is 11.6. The summed E-state index contributed by atoms with van der Waals surface area (Å²) >= 11 is 0. The zero-order chi connectivity index (χ0) is 14.1. The van der Waals surface area contributed by atoms with E-state index in [0.29, 0.717) is 13.2 Å². The second kappa shape index (κ2) is 5.15. The Morgan fingerprint density at radius 3 is 2.70 bits per heavy atom. The number of nitrogens with one attached hydrogen (secondary N) is 1. The molecule has 106 valence electrons. The number of fused-ring (bicyclic) bond motifs is 1. The summed E-state index contributed by atoms with van der Waals surface area (Å²) in [7, 11) is 1.91. The number of nitrogens with zero attached hydrogens (tertiary/aromatic N) is 2. The summed E-state index contributed by atoms with van der Waals surface area (Å²) < 4.78 is 13.0. The summed E-state index contributed by atoms with van der Waals surface area (Å²) in [5, 5.41) is 4.26. The highest BCUT2D eigenvalue weighted by molar-refractivity contribution is 5.46. The third-order valence-electron chi connectivity index (χ3n) is 3.65. The van der Waals surface area contributed by atoms with E-state index in [1.54, 1.807) is 0 Å². The van der Waals surface area contributed by atoms with Gasteiger partial charge in [-0.25, -0.2) is 5.43 Å². The number of nitrogens with two attached hydrogens (primary N) is 1. The molecule has 0 spiro atoms. The van der Waals surface area contributed by atoms with Crippen molar-refractivity contribution in [1.82, 2.24) is 15.2 Å². The molecular weight excluding hydrogens is 256 g/mol. The Morgan fingerprint density at radius 1 is 1.30 bits per heavy atom. The molecule has 6 nitrogen and oxygen atoms in total. The van der Waals surface area contributed by atoms with Crippen LogP contribution in [0.3, 0.4) is 0 Å². The van der Waals surface area contributed by atoms with Crippen LogP contribution in [0, 0.1) is 6.92 Å². The molecule has 3 rings (SSSR count). The van der Waals surface area contributed by atoms with Crippen molar-refractivity contribution < 1.29 is 9.47 Å². The fourth-order valence-corrected chi connectivity index (χ4v) is 2.40. The molecule has 1 unspecified atom stereocenters. The molecule has 6 heteroatoms. The number of hydrazine groups is 1. The maximum atomic E-state index is 5.73. The summed E-state index contributed by atoms with van der Waals surface area (Å²) in [4.78, 5) is 0. The van der Waals surface area contributed by atoms with Gasteiger partial charge in [0.25, 0.3) is 0 Å². The summed E-state index contributed by atoms with van der Waals surface area (Å²) in [6, 6.07) is 5.75. The number of aryl methyl sites for hydroxylation is 1. The monoisotopic (exact) mass is 274 g/mol. The van der Waals surface area contributed by atoms with Crippen LogP contribution in [-0.2, 0) is 7.05 Å². The van der Waals surface area contributed by atoms with Crippen molar-refractivity contribution in [3.05, 3.63) is 41.2 Å². The van der Waals surface area contributed by atoms with Crippen molar-refractivity contribution in [2.45, 2.75) is 13.0 Å². The Kier molecular flexibility index (Phi) is 3.33. The number of hydrogen-bond acceptors (Lipinski definition) is 5. The average molecular weight is 274 g/mol. The highest BCUT2D eigenvalue weighted by Crippen LogP contribution is 2.34. The SMILES string of the molecule is Cc1c(C(NN)c2ccc3c(c2)OCCO3)cnn1C. The minimum absolute atomic E-state index is 0.125. The minimum Gasteiger partial charge on any atom is -0.486 e. The van der Waals surface area contributed by atoms with Gasteiger partial charge in [0.05, 0.1) is 12.2 Å². The zero-order valence-corrected chi connectivity index (χ0v) is 11.6. The molecule has 1 aromatic heterocycles. The summed E-state index contributed by atoms with van der Waals surface area (Å²) in [5.74, 6) is 7.27. The minimum atomic E-state index is -0.125. The van der Waals surface area contributed by atoms with E-state index >= 15 is 0 Å². The molecule has 1 aliphatic heterocycles. The number of benzene rings is 1. The maximum Gasteiger partial charge on any atom is 0.161 e. The molecule has 1 aliphatic rings. The fraction of sp³-hybridized carbons (Fsp3) is 0.357. The third kappa shape index (κ3) is 2.13. The van der Waals surface area contributed by atoms with Crippen LogP contribution in [0.15, 0.2) is 24.4 Å². The number of aromatic nitrogens is 2. The predicted molar refractivity (Wildman–Crippen MR) is 74.5 cm³/mol. The van der Waals surface area contributed by atoms with Crippen molar-refractivity contribution in [3.63, 3.8) is 0 Å². The van der Waals surface area contributed by atoms with Crippen LogP contribution >= 0.6 is 0 Å². The van der Waals surface area contributed by atoms with Crippen LogP contribution in [0.25, 0.3) is 0 Å². The molecule has 2 heterocycles. The Hall–Kier alpha value is -2.05. The predicted octanol–water partition coefficient (Wildman–Crippen LogP) is 1.05. The molecule has 0 bridgehead atoms. The van der Waals surface area contributed by atoms with Crippen LogP contribution in [0.1, 0.15) is 22.9 Å². The van der Waals surface area contributed by atoms with Crippen molar-refractivity contribution in [2.75, 3.05) is 13.2 Å².